The van der Waals surface area contributed by atoms with Crippen LogP contribution in [0.2, 0.25) is 0 Å². The second-order valence-electron chi connectivity index (χ2n) is 4.43. The van der Waals surface area contributed by atoms with Crippen LogP contribution in [0.15, 0.2) is 0 Å². The number of rotatable bonds is 6. The molecule has 0 N–H and O–H groups in total. The first kappa shape index (κ1) is 15.9. The summed E-state index contributed by atoms with van der Waals surface area (Å²) in [7, 11) is -6.41. The average Bonchev–Trinajstić information content (AvgIpc) is 2.29. The Morgan fingerprint density at radius 2 is 1.00 bits per heavy atom. The van der Waals surface area contributed by atoms with Gasteiger partial charge in [0.1, 0.15) is 0 Å². The summed E-state index contributed by atoms with van der Waals surface area (Å²) in [6.07, 6.45) is 1.16. The van der Waals surface area contributed by atoms with E-state index in [4.69, 9.17) is 0 Å². The van der Waals surface area contributed by atoms with Crippen molar-refractivity contribution in [3.63, 3.8) is 0 Å². The molecule has 0 bridgehead atoms. The lowest BCUT2D eigenvalue weighted by Gasteiger charge is -2.33. The third kappa shape index (κ3) is 3.91. The van der Waals surface area contributed by atoms with Crippen molar-refractivity contribution in [1.29, 1.82) is 0 Å². The number of sulfonamides is 2. The first-order chi connectivity index (χ1) is 8.33. The Bertz CT molecular complexity index is 406. The molecule has 0 aromatic rings. The van der Waals surface area contributed by atoms with Crippen LogP contribution in [0.1, 0.15) is 26.7 Å². The first-order valence-corrected chi connectivity index (χ1v) is 9.51. The maximum Gasteiger partial charge on any atom is 0.214 e. The predicted octanol–water partition coefficient (Wildman–Crippen LogP) is 0.0836. The number of hydrogen-bond acceptors (Lipinski definition) is 4. The van der Waals surface area contributed by atoms with Gasteiger partial charge in [-0.05, 0) is 12.8 Å². The molecular weight excluding hydrogens is 276 g/mol. The molecule has 0 unspecified atom stereocenters. The van der Waals surface area contributed by atoms with Crippen LogP contribution in [0.5, 0.6) is 0 Å². The number of piperazine rings is 1. The molecule has 0 amide bonds. The van der Waals surface area contributed by atoms with Crippen LogP contribution in [0.25, 0.3) is 0 Å². The third-order valence-corrected chi connectivity index (χ3v) is 7.06. The monoisotopic (exact) mass is 298 g/mol. The van der Waals surface area contributed by atoms with Gasteiger partial charge in [-0.3, -0.25) is 0 Å². The summed E-state index contributed by atoms with van der Waals surface area (Å²) in [4.78, 5) is 0. The molecule has 0 aromatic carbocycles. The molecule has 0 atom stereocenters. The zero-order chi connectivity index (χ0) is 13.8. The van der Waals surface area contributed by atoms with E-state index in [0.717, 1.165) is 0 Å². The fraction of sp³-hybridized carbons (Fsp3) is 1.00. The number of hydrogen-bond donors (Lipinski definition) is 0. The molecule has 1 aliphatic heterocycles. The third-order valence-electron chi connectivity index (χ3n) is 2.91. The molecule has 0 aromatic heterocycles. The van der Waals surface area contributed by atoms with E-state index in [1.54, 1.807) is 0 Å². The summed E-state index contributed by atoms with van der Waals surface area (Å²) in [5.74, 6) is 0.267. The molecule has 1 saturated heterocycles. The summed E-state index contributed by atoms with van der Waals surface area (Å²) < 4.78 is 50.1. The van der Waals surface area contributed by atoms with Gasteiger partial charge >= 0.3 is 0 Å². The summed E-state index contributed by atoms with van der Waals surface area (Å²) in [6.45, 7) is 4.71. The molecule has 18 heavy (non-hydrogen) atoms. The Morgan fingerprint density at radius 3 is 1.22 bits per heavy atom. The van der Waals surface area contributed by atoms with E-state index in [0.29, 0.717) is 12.8 Å². The zero-order valence-electron chi connectivity index (χ0n) is 11.0. The van der Waals surface area contributed by atoms with Crippen LogP contribution < -0.4 is 0 Å². The maximum absolute atomic E-state index is 11.8. The highest BCUT2D eigenvalue weighted by Crippen LogP contribution is 2.12. The minimum Gasteiger partial charge on any atom is -0.212 e. The molecule has 8 heteroatoms. The largest absolute Gasteiger partial charge is 0.214 e. The Balaban J connectivity index is 2.62. The van der Waals surface area contributed by atoms with Crippen LogP contribution in [-0.4, -0.2) is 63.1 Å². The molecule has 0 spiro atoms. The standard InChI is InChI=1S/C10H22N2O4S2/c1-3-9-17(13,14)11-5-7-12(8-6-11)18(15,16)10-4-2/h3-10H2,1-2H3. The minimum absolute atomic E-state index is 0.134. The molecule has 108 valence electrons. The van der Waals surface area contributed by atoms with Crippen molar-refractivity contribution in [3.05, 3.63) is 0 Å². The fourth-order valence-electron chi connectivity index (χ4n) is 2.00. The smallest absolute Gasteiger partial charge is 0.212 e. The van der Waals surface area contributed by atoms with Crippen molar-refractivity contribution in [1.82, 2.24) is 8.61 Å². The van der Waals surface area contributed by atoms with E-state index in [9.17, 15) is 16.8 Å². The van der Waals surface area contributed by atoms with Gasteiger partial charge in [0, 0.05) is 26.2 Å². The summed E-state index contributed by atoms with van der Waals surface area (Å²) in [5.41, 5.74) is 0. The van der Waals surface area contributed by atoms with Crippen molar-refractivity contribution in [2.45, 2.75) is 26.7 Å². The highest BCUT2D eigenvalue weighted by atomic mass is 32.2. The van der Waals surface area contributed by atoms with Crippen molar-refractivity contribution in [2.24, 2.45) is 0 Å². The van der Waals surface area contributed by atoms with Crippen molar-refractivity contribution in [3.8, 4) is 0 Å². The fourth-order valence-corrected chi connectivity index (χ4v) is 4.99. The number of nitrogens with zero attached hydrogens (tertiary/aromatic N) is 2. The molecular formula is C10H22N2O4S2. The quantitative estimate of drug-likeness (QED) is 0.696. The summed E-state index contributed by atoms with van der Waals surface area (Å²) in [6, 6.07) is 0. The van der Waals surface area contributed by atoms with E-state index in [1.807, 2.05) is 13.8 Å². The van der Waals surface area contributed by atoms with Crippen molar-refractivity contribution >= 4 is 20.0 Å². The lowest BCUT2D eigenvalue weighted by molar-refractivity contribution is 0.273. The van der Waals surface area contributed by atoms with Crippen LogP contribution in [0.3, 0.4) is 0 Å². The minimum atomic E-state index is -3.20. The zero-order valence-corrected chi connectivity index (χ0v) is 12.6. The summed E-state index contributed by atoms with van der Waals surface area (Å²) >= 11 is 0. The molecule has 1 rings (SSSR count). The molecule has 6 nitrogen and oxygen atoms in total. The Hall–Kier alpha value is -0.180. The van der Waals surface area contributed by atoms with E-state index >= 15 is 0 Å². The Morgan fingerprint density at radius 1 is 0.722 bits per heavy atom. The van der Waals surface area contributed by atoms with Crippen LogP contribution in [-0.2, 0) is 20.0 Å². The highest BCUT2D eigenvalue weighted by molar-refractivity contribution is 7.89. The van der Waals surface area contributed by atoms with Gasteiger partial charge in [0.2, 0.25) is 20.0 Å². The van der Waals surface area contributed by atoms with Gasteiger partial charge in [-0.1, -0.05) is 13.8 Å². The van der Waals surface area contributed by atoms with Crippen molar-refractivity contribution < 1.29 is 16.8 Å². The van der Waals surface area contributed by atoms with E-state index < -0.39 is 20.0 Å². The van der Waals surface area contributed by atoms with Crippen molar-refractivity contribution in [2.75, 3.05) is 37.7 Å². The SMILES string of the molecule is CCCS(=O)(=O)N1CCN(S(=O)(=O)CCC)CC1. The van der Waals surface area contributed by atoms with Crippen LogP contribution in [0.4, 0.5) is 0 Å². The molecule has 0 aliphatic carbocycles. The van der Waals surface area contributed by atoms with Gasteiger partial charge < -0.3 is 0 Å². The Kier molecular flexibility index (Phi) is 5.57. The van der Waals surface area contributed by atoms with Gasteiger partial charge in [-0.25, -0.2) is 16.8 Å². The van der Waals surface area contributed by atoms with Gasteiger partial charge in [0.05, 0.1) is 11.5 Å². The molecule has 0 saturated carbocycles. The lowest BCUT2D eigenvalue weighted by atomic mass is 10.4. The second-order valence-corrected chi connectivity index (χ2v) is 8.61. The average molecular weight is 298 g/mol. The molecule has 1 fully saturated rings. The van der Waals surface area contributed by atoms with Crippen LogP contribution in [0, 0.1) is 0 Å². The second kappa shape index (κ2) is 6.31. The van der Waals surface area contributed by atoms with E-state index in [1.165, 1.54) is 8.61 Å². The topological polar surface area (TPSA) is 74.8 Å². The van der Waals surface area contributed by atoms with Crippen LogP contribution >= 0.6 is 0 Å². The summed E-state index contributed by atoms with van der Waals surface area (Å²) in [5, 5.41) is 0. The van der Waals surface area contributed by atoms with Gasteiger partial charge in [-0.2, -0.15) is 8.61 Å². The van der Waals surface area contributed by atoms with Gasteiger partial charge in [0.15, 0.2) is 0 Å². The molecule has 1 aliphatic rings. The van der Waals surface area contributed by atoms with Gasteiger partial charge in [-0.15, -0.1) is 0 Å². The Labute approximate surface area is 110 Å². The lowest BCUT2D eigenvalue weighted by Crippen LogP contribution is -2.51. The van der Waals surface area contributed by atoms with E-state index in [-0.39, 0.29) is 37.7 Å². The van der Waals surface area contributed by atoms with Gasteiger partial charge in [0.25, 0.3) is 0 Å². The molecule has 1 heterocycles. The van der Waals surface area contributed by atoms with E-state index in [2.05, 4.69) is 0 Å². The maximum atomic E-state index is 11.8. The predicted molar refractivity (Wildman–Crippen MR) is 71.3 cm³/mol. The molecule has 0 radical (unpaired) electrons. The normalized spacial score (nSPS) is 20.1. The highest BCUT2D eigenvalue weighted by Gasteiger charge is 2.30. The first-order valence-electron chi connectivity index (χ1n) is 6.29.